The monoisotopic (exact) mass is 410 g/mol. The minimum Gasteiger partial charge on any atom is -0.377 e. The number of nitrogens with zero attached hydrogens (tertiary/aromatic N) is 2. The molecule has 6 heteroatoms. The summed E-state index contributed by atoms with van der Waals surface area (Å²) in [6.45, 7) is 1.81. The Kier molecular flexibility index (Phi) is 6.05. The lowest BCUT2D eigenvalue weighted by atomic mass is 10.1. The summed E-state index contributed by atoms with van der Waals surface area (Å²) in [4.78, 5) is 13.5. The number of fused-ring (bicyclic) bond motifs is 1. The molecule has 0 unspecified atom stereocenters. The van der Waals surface area contributed by atoms with Gasteiger partial charge in [0, 0.05) is 50.6 Å². The first kappa shape index (κ1) is 21.0. The Morgan fingerprint density at radius 1 is 0.828 bits per heavy atom. The Morgan fingerprint density at radius 3 is 2.03 bits per heavy atom. The largest absolute Gasteiger partial charge is 0.377 e. The van der Waals surface area contributed by atoms with E-state index in [1.165, 1.54) is 4.31 Å². The van der Waals surface area contributed by atoms with Crippen LogP contribution in [0.25, 0.3) is 10.8 Å². The molecule has 0 saturated heterocycles. The molecule has 152 valence electrons. The fourth-order valence-electron chi connectivity index (χ4n) is 3.44. The van der Waals surface area contributed by atoms with Crippen molar-refractivity contribution in [3.05, 3.63) is 71.8 Å². The van der Waals surface area contributed by atoms with Gasteiger partial charge in [0.15, 0.2) is 0 Å². The summed E-state index contributed by atoms with van der Waals surface area (Å²) < 4.78 is 28.0. The molecule has 0 spiro atoms. The first-order valence-corrected chi connectivity index (χ1v) is 10.9. The second kappa shape index (κ2) is 8.35. The highest BCUT2D eigenvalue weighted by Crippen LogP contribution is 2.31. The lowest BCUT2D eigenvalue weighted by molar-refractivity contribution is -0.116. The maximum Gasteiger partial charge on any atom is 0.243 e. The number of carbonyl (C=O) groups is 1. The molecule has 0 aliphatic rings. The normalized spacial score (nSPS) is 11.8. The molecule has 0 fully saturated rings. The maximum absolute atomic E-state index is 13.3. The zero-order valence-corrected chi connectivity index (χ0v) is 18.0. The zero-order chi connectivity index (χ0) is 21.2. The van der Waals surface area contributed by atoms with Crippen LogP contribution in [-0.4, -0.2) is 39.6 Å². The van der Waals surface area contributed by atoms with Crippen molar-refractivity contribution in [2.24, 2.45) is 0 Å². The van der Waals surface area contributed by atoms with E-state index in [0.717, 1.165) is 22.2 Å². The molecule has 0 aliphatic heterocycles. The molecule has 0 bridgehead atoms. The van der Waals surface area contributed by atoms with Crippen LogP contribution >= 0.6 is 0 Å². The van der Waals surface area contributed by atoms with Crippen LogP contribution in [0.15, 0.2) is 65.6 Å². The predicted octanol–water partition coefficient (Wildman–Crippen LogP) is 3.86. The second-order valence-electron chi connectivity index (χ2n) is 7.48. The fraction of sp³-hybridized carbons (Fsp3) is 0.261. The molecule has 0 aliphatic carbocycles. The van der Waals surface area contributed by atoms with Crippen LogP contribution in [-0.2, 0) is 27.8 Å². The maximum atomic E-state index is 13.3. The lowest BCUT2D eigenvalue weighted by Crippen LogP contribution is -2.26. The van der Waals surface area contributed by atoms with Crippen LogP contribution < -0.4 is 4.90 Å². The first-order chi connectivity index (χ1) is 13.7. The van der Waals surface area contributed by atoms with Gasteiger partial charge < -0.3 is 4.90 Å². The number of sulfonamides is 1. The van der Waals surface area contributed by atoms with Gasteiger partial charge in [0.2, 0.25) is 10.0 Å². The Bertz CT molecular complexity index is 1140. The quantitative estimate of drug-likeness (QED) is 0.594. The van der Waals surface area contributed by atoms with Crippen molar-refractivity contribution < 1.29 is 13.2 Å². The minimum absolute atomic E-state index is 0.102. The number of anilines is 1. The van der Waals surface area contributed by atoms with Gasteiger partial charge in [-0.2, -0.15) is 4.31 Å². The molecule has 0 aromatic heterocycles. The lowest BCUT2D eigenvalue weighted by Gasteiger charge is -2.20. The van der Waals surface area contributed by atoms with Crippen molar-refractivity contribution in [1.29, 1.82) is 0 Å². The Morgan fingerprint density at radius 2 is 1.41 bits per heavy atom. The van der Waals surface area contributed by atoms with Gasteiger partial charge in [0.05, 0.1) is 4.90 Å². The Balaban J connectivity index is 1.92. The molecular weight excluding hydrogens is 384 g/mol. The third kappa shape index (κ3) is 4.49. The summed E-state index contributed by atoms with van der Waals surface area (Å²) in [6, 6.07) is 18.6. The smallest absolute Gasteiger partial charge is 0.243 e. The van der Waals surface area contributed by atoms with Crippen molar-refractivity contribution in [2.45, 2.75) is 24.8 Å². The van der Waals surface area contributed by atoms with Crippen molar-refractivity contribution in [2.75, 3.05) is 26.0 Å². The van der Waals surface area contributed by atoms with Crippen LogP contribution in [0.3, 0.4) is 0 Å². The van der Waals surface area contributed by atoms with Crippen LogP contribution in [0.4, 0.5) is 5.69 Å². The van der Waals surface area contributed by atoms with Gasteiger partial charge in [-0.05, 0) is 30.2 Å². The van der Waals surface area contributed by atoms with Gasteiger partial charge in [-0.3, -0.25) is 4.79 Å². The van der Waals surface area contributed by atoms with E-state index in [9.17, 15) is 13.2 Å². The summed E-state index contributed by atoms with van der Waals surface area (Å²) in [6.07, 6.45) is 0.388. The molecule has 0 heterocycles. The molecule has 0 saturated carbocycles. The number of rotatable bonds is 7. The van der Waals surface area contributed by atoms with Crippen LogP contribution in [0.1, 0.15) is 18.1 Å². The van der Waals surface area contributed by atoms with Crippen molar-refractivity contribution in [1.82, 2.24) is 4.31 Å². The van der Waals surface area contributed by atoms with E-state index < -0.39 is 10.0 Å². The van der Waals surface area contributed by atoms with Crippen molar-refractivity contribution >= 4 is 32.3 Å². The van der Waals surface area contributed by atoms with E-state index >= 15 is 0 Å². The van der Waals surface area contributed by atoms with Crippen molar-refractivity contribution in [3.8, 4) is 0 Å². The van der Waals surface area contributed by atoms with Gasteiger partial charge in [-0.15, -0.1) is 0 Å². The Hall–Kier alpha value is -2.70. The van der Waals surface area contributed by atoms with Gasteiger partial charge in [-0.25, -0.2) is 8.42 Å². The molecule has 0 N–H and O–H groups in total. The second-order valence-corrected chi connectivity index (χ2v) is 9.49. The van der Waals surface area contributed by atoms with Gasteiger partial charge in [-0.1, -0.05) is 48.5 Å². The topological polar surface area (TPSA) is 57.7 Å². The molecular formula is C23H26N2O3S. The minimum atomic E-state index is -3.67. The molecule has 3 aromatic carbocycles. The molecule has 29 heavy (non-hydrogen) atoms. The molecule has 3 rings (SSSR count). The van der Waals surface area contributed by atoms with Crippen LogP contribution in [0.2, 0.25) is 0 Å². The number of Topliss-reactive ketones (excluding diaryl/α,β-unsaturated/α-hetero) is 1. The van der Waals surface area contributed by atoms with Crippen molar-refractivity contribution in [3.63, 3.8) is 0 Å². The number of ketones is 1. The van der Waals surface area contributed by atoms with E-state index in [4.69, 9.17) is 0 Å². The van der Waals surface area contributed by atoms with E-state index in [-0.39, 0.29) is 12.3 Å². The fourth-order valence-corrected chi connectivity index (χ4v) is 4.80. The van der Waals surface area contributed by atoms with Gasteiger partial charge in [0.25, 0.3) is 0 Å². The van der Waals surface area contributed by atoms with E-state index in [2.05, 4.69) is 0 Å². The molecule has 0 amide bonds. The third-order valence-corrected chi connectivity index (χ3v) is 6.77. The summed E-state index contributed by atoms with van der Waals surface area (Å²) in [5.74, 6) is 0.102. The molecule has 0 radical (unpaired) electrons. The molecule has 3 aromatic rings. The summed E-state index contributed by atoms with van der Waals surface area (Å²) in [5, 5.41) is 1.61. The summed E-state index contributed by atoms with van der Waals surface area (Å²) in [7, 11) is 1.80. The average Bonchev–Trinajstić information content (AvgIpc) is 2.67. The van der Waals surface area contributed by atoms with Gasteiger partial charge >= 0.3 is 0 Å². The van der Waals surface area contributed by atoms with E-state index in [1.807, 2.05) is 67.5 Å². The first-order valence-electron chi connectivity index (χ1n) is 9.43. The number of carbonyl (C=O) groups excluding carboxylic acids is 1. The average molecular weight is 411 g/mol. The Labute approximate surface area is 172 Å². The standard InChI is InChI=1S/C23H26N2O3S/c1-17(26)15-18-11-13-19(14-12-18)16-25(4)29(27,28)23-10-6-7-20-21(23)8-5-9-22(20)24(2)3/h5-14H,15-16H2,1-4H3. The van der Waals surface area contributed by atoms with E-state index in [0.29, 0.717) is 16.7 Å². The third-order valence-electron chi connectivity index (χ3n) is 4.91. The summed E-state index contributed by atoms with van der Waals surface area (Å²) in [5.41, 5.74) is 2.78. The van der Waals surface area contributed by atoms with Gasteiger partial charge in [0.1, 0.15) is 5.78 Å². The number of hydrogen-bond donors (Lipinski definition) is 0. The summed E-state index contributed by atoms with van der Waals surface area (Å²) >= 11 is 0. The predicted molar refractivity (Wildman–Crippen MR) is 118 cm³/mol. The highest BCUT2D eigenvalue weighted by atomic mass is 32.2. The van der Waals surface area contributed by atoms with Crippen LogP contribution in [0, 0.1) is 0 Å². The molecule has 0 atom stereocenters. The zero-order valence-electron chi connectivity index (χ0n) is 17.2. The van der Waals surface area contributed by atoms with Crippen LogP contribution in [0.5, 0.6) is 0 Å². The number of benzene rings is 3. The van der Waals surface area contributed by atoms with E-state index in [1.54, 1.807) is 26.1 Å². The SMILES string of the molecule is CC(=O)Cc1ccc(CN(C)S(=O)(=O)c2cccc3c(N(C)C)cccc23)cc1. The molecule has 5 nitrogen and oxygen atoms in total. The highest BCUT2D eigenvalue weighted by Gasteiger charge is 2.23. The number of hydrogen-bond acceptors (Lipinski definition) is 4. The highest BCUT2D eigenvalue weighted by molar-refractivity contribution is 7.89.